The Morgan fingerprint density at radius 2 is 2.17 bits per heavy atom. The van der Waals surface area contributed by atoms with Crippen LogP contribution in [0.2, 0.25) is 0 Å². The Bertz CT molecular complexity index is 656. The second-order valence-corrected chi connectivity index (χ2v) is 5.78. The quantitative estimate of drug-likeness (QED) is 0.771. The largest absolute Gasteiger partial charge is 0.497 e. The highest BCUT2D eigenvalue weighted by molar-refractivity contribution is 7.99. The summed E-state index contributed by atoms with van der Waals surface area (Å²) in [6, 6.07) is 5.15. The number of ether oxygens (including phenoxy) is 1. The first-order chi connectivity index (χ1) is 10.5. The van der Waals surface area contributed by atoms with E-state index in [1.807, 2.05) is 13.8 Å². The maximum atomic E-state index is 12.0. The average Bonchev–Trinajstić information content (AvgIpc) is 2.81. The molecule has 0 saturated heterocycles. The predicted octanol–water partition coefficient (Wildman–Crippen LogP) is 3.18. The lowest BCUT2D eigenvalue weighted by Gasteiger charge is -2.09. The van der Waals surface area contributed by atoms with Crippen LogP contribution in [0.5, 0.6) is 5.75 Å². The fourth-order valence-electron chi connectivity index (χ4n) is 1.91. The minimum Gasteiger partial charge on any atom is -0.497 e. The van der Waals surface area contributed by atoms with Crippen molar-refractivity contribution >= 4 is 41.5 Å². The van der Waals surface area contributed by atoms with Crippen LogP contribution in [0.25, 0.3) is 0 Å². The molecule has 0 radical (unpaired) electrons. The summed E-state index contributed by atoms with van der Waals surface area (Å²) in [5, 5.41) is 6.68. The van der Waals surface area contributed by atoms with Crippen molar-refractivity contribution in [2.45, 2.75) is 19.6 Å². The molecule has 0 aliphatic carbocycles. The third kappa shape index (κ3) is 5.07. The van der Waals surface area contributed by atoms with Gasteiger partial charge in [0.15, 0.2) is 0 Å². The summed E-state index contributed by atoms with van der Waals surface area (Å²) in [6.45, 7) is 3.76. The Hall–Kier alpha value is -1.86. The first-order valence-corrected chi connectivity index (χ1v) is 7.89. The van der Waals surface area contributed by atoms with E-state index < -0.39 is 0 Å². The van der Waals surface area contributed by atoms with Gasteiger partial charge in [-0.05, 0) is 26.0 Å². The number of carbonyl (C=O) groups is 1. The predicted molar refractivity (Wildman–Crippen MR) is 95.4 cm³/mol. The Kier molecular flexibility index (Phi) is 7.25. The zero-order valence-corrected chi connectivity index (χ0v) is 14.8. The number of benzene rings is 1. The Labute approximate surface area is 145 Å². The molecule has 6 nitrogen and oxygen atoms in total. The molecule has 0 aliphatic heterocycles. The maximum absolute atomic E-state index is 12.0. The molecule has 2 aromatic rings. The summed E-state index contributed by atoms with van der Waals surface area (Å²) >= 11 is 1.50. The second kappa shape index (κ2) is 8.69. The summed E-state index contributed by atoms with van der Waals surface area (Å²) in [5.74, 6) is 2.33. The van der Waals surface area contributed by atoms with Gasteiger partial charge in [0.25, 0.3) is 0 Å². The lowest BCUT2D eigenvalue weighted by Crippen LogP contribution is -2.15. The molecule has 2 rings (SSSR count). The number of aryl methyl sites for hydroxylation is 2. The normalized spacial score (nSPS) is 10.0. The van der Waals surface area contributed by atoms with Gasteiger partial charge in [0.1, 0.15) is 11.5 Å². The van der Waals surface area contributed by atoms with Crippen LogP contribution in [-0.4, -0.2) is 23.9 Å². The SMILES string of the molecule is COc1ccc(N)c(NC(=O)CSCc2c(C)noc2C)c1.Cl. The van der Waals surface area contributed by atoms with Crippen molar-refractivity contribution in [2.24, 2.45) is 0 Å². The molecular weight excluding hydrogens is 338 g/mol. The fourth-order valence-corrected chi connectivity index (χ4v) is 2.89. The van der Waals surface area contributed by atoms with Crippen LogP contribution in [0.3, 0.4) is 0 Å². The number of amides is 1. The number of halogens is 1. The van der Waals surface area contributed by atoms with E-state index in [-0.39, 0.29) is 18.3 Å². The number of nitrogens with one attached hydrogen (secondary N) is 1. The van der Waals surface area contributed by atoms with E-state index in [1.165, 1.54) is 11.8 Å². The van der Waals surface area contributed by atoms with Crippen LogP contribution >= 0.6 is 24.2 Å². The molecule has 0 saturated carbocycles. The zero-order valence-electron chi connectivity index (χ0n) is 13.2. The summed E-state index contributed by atoms with van der Waals surface area (Å²) in [4.78, 5) is 12.0. The second-order valence-electron chi connectivity index (χ2n) is 4.80. The molecule has 0 fully saturated rings. The molecular formula is C15H20ClN3O3S. The van der Waals surface area contributed by atoms with Crippen molar-refractivity contribution in [3.8, 4) is 5.75 Å². The van der Waals surface area contributed by atoms with Gasteiger partial charge in [0, 0.05) is 17.4 Å². The van der Waals surface area contributed by atoms with Gasteiger partial charge in [0.05, 0.1) is 29.9 Å². The van der Waals surface area contributed by atoms with E-state index in [0.717, 1.165) is 17.0 Å². The van der Waals surface area contributed by atoms with Crippen molar-refractivity contribution in [3.63, 3.8) is 0 Å². The van der Waals surface area contributed by atoms with Crippen molar-refractivity contribution in [1.82, 2.24) is 5.16 Å². The molecule has 1 aromatic carbocycles. The van der Waals surface area contributed by atoms with Crippen LogP contribution < -0.4 is 15.8 Å². The first kappa shape index (κ1) is 19.2. The standard InChI is InChI=1S/C15H19N3O3S.ClH/c1-9-12(10(2)21-18-9)7-22-8-15(19)17-14-6-11(20-3)4-5-13(14)16;/h4-6H,7-8,16H2,1-3H3,(H,17,19);1H. The van der Waals surface area contributed by atoms with Gasteiger partial charge in [-0.15, -0.1) is 24.2 Å². The summed E-state index contributed by atoms with van der Waals surface area (Å²) in [6.07, 6.45) is 0. The number of methoxy groups -OCH3 is 1. The number of nitrogens with zero attached hydrogens (tertiary/aromatic N) is 1. The van der Waals surface area contributed by atoms with Crippen LogP contribution in [0, 0.1) is 13.8 Å². The number of aromatic nitrogens is 1. The molecule has 0 bridgehead atoms. The van der Waals surface area contributed by atoms with E-state index in [9.17, 15) is 4.79 Å². The summed E-state index contributed by atoms with van der Waals surface area (Å²) < 4.78 is 10.2. The van der Waals surface area contributed by atoms with Gasteiger partial charge < -0.3 is 20.3 Å². The third-order valence-electron chi connectivity index (χ3n) is 3.20. The molecule has 126 valence electrons. The lowest BCUT2D eigenvalue weighted by atomic mass is 10.2. The first-order valence-electron chi connectivity index (χ1n) is 6.74. The topological polar surface area (TPSA) is 90.4 Å². The van der Waals surface area contributed by atoms with Crippen molar-refractivity contribution in [3.05, 3.63) is 35.2 Å². The van der Waals surface area contributed by atoms with Gasteiger partial charge >= 0.3 is 0 Å². The summed E-state index contributed by atoms with van der Waals surface area (Å²) in [5.41, 5.74) is 8.81. The number of rotatable bonds is 6. The van der Waals surface area contributed by atoms with Gasteiger partial charge in [-0.1, -0.05) is 5.16 Å². The molecule has 0 unspecified atom stereocenters. The number of carbonyl (C=O) groups excluding carboxylic acids is 1. The lowest BCUT2D eigenvalue weighted by molar-refractivity contribution is -0.113. The Balaban J connectivity index is 0.00000264. The fraction of sp³-hybridized carbons (Fsp3) is 0.333. The molecule has 0 spiro atoms. The molecule has 1 amide bonds. The van der Waals surface area contributed by atoms with Crippen molar-refractivity contribution in [1.29, 1.82) is 0 Å². The average molecular weight is 358 g/mol. The number of nitrogen functional groups attached to an aromatic ring is 1. The Morgan fingerprint density at radius 1 is 1.43 bits per heavy atom. The molecule has 0 aliphatic rings. The molecule has 8 heteroatoms. The molecule has 23 heavy (non-hydrogen) atoms. The third-order valence-corrected chi connectivity index (χ3v) is 4.15. The van der Waals surface area contributed by atoms with Gasteiger partial charge in [0.2, 0.25) is 5.91 Å². The highest BCUT2D eigenvalue weighted by Crippen LogP contribution is 2.25. The van der Waals surface area contributed by atoms with E-state index >= 15 is 0 Å². The van der Waals surface area contributed by atoms with Crippen molar-refractivity contribution in [2.75, 3.05) is 23.9 Å². The number of hydrogen-bond acceptors (Lipinski definition) is 6. The monoisotopic (exact) mass is 357 g/mol. The van der Waals surface area contributed by atoms with E-state index in [4.69, 9.17) is 15.0 Å². The van der Waals surface area contributed by atoms with Crippen LogP contribution in [0.15, 0.2) is 22.7 Å². The molecule has 1 aromatic heterocycles. The number of thioether (sulfide) groups is 1. The van der Waals surface area contributed by atoms with E-state index in [2.05, 4.69) is 10.5 Å². The van der Waals surface area contributed by atoms with Crippen LogP contribution in [0.4, 0.5) is 11.4 Å². The highest BCUT2D eigenvalue weighted by atomic mass is 35.5. The molecule has 3 N–H and O–H groups in total. The smallest absolute Gasteiger partial charge is 0.234 e. The highest BCUT2D eigenvalue weighted by Gasteiger charge is 2.11. The van der Waals surface area contributed by atoms with E-state index in [1.54, 1.807) is 25.3 Å². The number of anilines is 2. The number of nitrogens with two attached hydrogens (primary N) is 1. The van der Waals surface area contributed by atoms with Gasteiger partial charge in [-0.2, -0.15) is 0 Å². The number of hydrogen-bond donors (Lipinski definition) is 2. The minimum atomic E-state index is -0.114. The van der Waals surface area contributed by atoms with E-state index in [0.29, 0.717) is 28.6 Å². The van der Waals surface area contributed by atoms with Crippen LogP contribution in [0.1, 0.15) is 17.0 Å². The summed E-state index contributed by atoms with van der Waals surface area (Å²) in [7, 11) is 1.57. The zero-order chi connectivity index (χ0) is 16.1. The minimum absolute atomic E-state index is 0. The van der Waals surface area contributed by atoms with Crippen LogP contribution in [-0.2, 0) is 10.5 Å². The maximum Gasteiger partial charge on any atom is 0.234 e. The van der Waals surface area contributed by atoms with Crippen molar-refractivity contribution < 1.29 is 14.1 Å². The van der Waals surface area contributed by atoms with Gasteiger partial charge in [-0.3, -0.25) is 4.79 Å². The molecule has 0 atom stereocenters. The molecule has 1 heterocycles. The Morgan fingerprint density at radius 3 is 2.78 bits per heavy atom. The van der Waals surface area contributed by atoms with Gasteiger partial charge in [-0.25, -0.2) is 0 Å².